The Balaban J connectivity index is 1.62. The number of amides is 1. The van der Waals surface area contributed by atoms with E-state index in [0.29, 0.717) is 36.5 Å². The second-order valence-electron chi connectivity index (χ2n) is 6.27. The summed E-state index contributed by atoms with van der Waals surface area (Å²) in [4.78, 5) is 27.1. The van der Waals surface area contributed by atoms with Crippen molar-refractivity contribution >= 4 is 5.91 Å². The fourth-order valence-electron chi connectivity index (χ4n) is 3.26. The number of hydrogen-bond acceptors (Lipinski definition) is 6. The zero-order valence-electron chi connectivity index (χ0n) is 14.8. The first-order valence-corrected chi connectivity index (χ1v) is 8.57. The summed E-state index contributed by atoms with van der Waals surface area (Å²) in [6.45, 7) is 1.13. The standard InChI is InChI=1S/C20H18N4O3/c1-27-14-4-2-13(3-5-14)11-24-9-7-15-16(20(24)26)6-8-21-19(15)17-10-18(25)23-12-22-17/h2-6,8,10,12H,7,9,11H2,1H3,(H,22,23,25). The van der Waals surface area contributed by atoms with Crippen LogP contribution in [0.2, 0.25) is 0 Å². The molecule has 3 heterocycles. The molecule has 0 aliphatic carbocycles. The zero-order chi connectivity index (χ0) is 18.8. The van der Waals surface area contributed by atoms with Crippen LogP contribution < -0.4 is 4.74 Å². The molecule has 1 aromatic carbocycles. The molecule has 0 saturated carbocycles. The summed E-state index contributed by atoms with van der Waals surface area (Å²) < 4.78 is 5.17. The van der Waals surface area contributed by atoms with Crippen LogP contribution in [0.5, 0.6) is 11.6 Å². The first-order chi connectivity index (χ1) is 13.2. The van der Waals surface area contributed by atoms with E-state index in [2.05, 4.69) is 15.0 Å². The van der Waals surface area contributed by atoms with Crippen molar-refractivity contribution in [2.45, 2.75) is 13.0 Å². The van der Waals surface area contributed by atoms with Crippen molar-refractivity contribution < 1.29 is 14.6 Å². The fraction of sp³-hybridized carbons (Fsp3) is 0.200. The van der Waals surface area contributed by atoms with Crippen molar-refractivity contribution in [3.8, 4) is 23.0 Å². The van der Waals surface area contributed by atoms with Crippen LogP contribution in [-0.4, -0.2) is 44.5 Å². The lowest BCUT2D eigenvalue weighted by Crippen LogP contribution is -2.37. The number of nitrogens with zero attached hydrogens (tertiary/aromatic N) is 4. The van der Waals surface area contributed by atoms with Crippen LogP contribution in [0.25, 0.3) is 11.4 Å². The highest BCUT2D eigenvalue weighted by Crippen LogP contribution is 2.29. The Bertz CT molecular complexity index is 989. The molecule has 3 aromatic rings. The number of benzene rings is 1. The van der Waals surface area contributed by atoms with E-state index in [9.17, 15) is 9.90 Å². The van der Waals surface area contributed by atoms with Crippen molar-refractivity contribution in [1.29, 1.82) is 0 Å². The molecule has 27 heavy (non-hydrogen) atoms. The van der Waals surface area contributed by atoms with E-state index in [-0.39, 0.29) is 11.8 Å². The van der Waals surface area contributed by atoms with Crippen molar-refractivity contribution in [2.24, 2.45) is 0 Å². The quantitative estimate of drug-likeness (QED) is 0.767. The second-order valence-corrected chi connectivity index (χ2v) is 6.27. The largest absolute Gasteiger partial charge is 0.497 e. The molecule has 0 fully saturated rings. The van der Waals surface area contributed by atoms with E-state index in [4.69, 9.17) is 4.74 Å². The SMILES string of the molecule is COc1ccc(CN2CCc3c(ccnc3-c3cc(O)ncn3)C2=O)cc1. The lowest BCUT2D eigenvalue weighted by Gasteiger charge is -2.29. The van der Waals surface area contributed by atoms with E-state index in [1.807, 2.05) is 29.2 Å². The van der Waals surface area contributed by atoms with Crippen LogP contribution >= 0.6 is 0 Å². The monoisotopic (exact) mass is 362 g/mol. The maximum atomic E-state index is 13.0. The van der Waals surface area contributed by atoms with E-state index in [0.717, 1.165) is 16.9 Å². The highest BCUT2D eigenvalue weighted by molar-refractivity contribution is 5.98. The minimum atomic E-state index is -0.123. The van der Waals surface area contributed by atoms with Gasteiger partial charge in [0, 0.05) is 30.9 Å². The summed E-state index contributed by atoms with van der Waals surface area (Å²) in [5.41, 5.74) is 3.64. The number of ether oxygens (including phenoxy) is 1. The van der Waals surface area contributed by atoms with Gasteiger partial charge in [-0.3, -0.25) is 9.78 Å². The molecule has 7 nitrogen and oxygen atoms in total. The van der Waals surface area contributed by atoms with Gasteiger partial charge in [-0.1, -0.05) is 12.1 Å². The molecular formula is C20H18N4O3. The second kappa shape index (κ2) is 7.03. The van der Waals surface area contributed by atoms with Gasteiger partial charge < -0.3 is 14.7 Å². The van der Waals surface area contributed by atoms with Crippen LogP contribution in [0, 0.1) is 0 Å². The number of aromatic nitrogens is 3. The number of pyridine rings is 1. The Morgan fingerprint density at radius 2 is 1.96 bits per heavy atom. The van der Waals surface area contributed by atoms with Gasteiger partial charge in [-0.15, -0.1) is 0 Å². The average Bonchev–Trinajstić information content (AvgIpc) is 2.70. The lowest BCUT2D eigenvalue weighted by molar-refractivity contribution is 0.0727. The predicted molar refractivity (Wildman–Crippen MR) is 98.4 cm³/mol. The molecule has 136 valence electrons. The molecule has 0 saturated heterocycles. The molecule has 0 spiro atoms. The molecule has 1 aliphatic heterocycles. The van der Waals surface area contributed by atoms with E-state index >= 15 is 0 Å². The van der Waals surface area contributed by atoms with Crippen molar-refractivity contribution in [3.05, 3.63) is 65.6 Å². The van der Waals surface area contributed by atoms with E-state index < -0.39 is 0 Å². The van der Waals surface area contributed by atoms with Crippen molar-refractivity contribution in [2.75, 3.05) is 13.7 Å². The van der Waals surface area contributed by atoms with Gasteiger partial charge in [0.05, 0.1) is 18.5 Å². The van der Waals surface area contributed by atoms with E-state index in [1.54, 1.807) is 19.4 Å². The summed E-state index contributed by atoms with van der Waals surface area (Å²) in [5.74, 6) is 0.634. The third-order valence-corrected chi connectivity index (χ3v) is 4.63. The zero-order valence-corrected chi connectivity index (χ0v) is 14.8. The maximum Gasteiger partial charge on any atom is 0.254 e. The molecule has 1 amide bonds. The van der Waals surface area contributed by atoms with Crippen LogP contribution in [0.1, 0.15) is 21.5 Å². The Labute approximate surface area is 156 Å². The Morgan fingerprint density at radius 1 is 1.15 bits per heavy atom. The highest BCUT2D eigenvalue weighted by atomic mass is 16.5. The molecule has 4 rings (SSSR count). The maximum absolute atomic E-state index is 13.0. The molecule has 0 radical (unpaired) electrons. The number of methoxy groups -OCH3 is 1. The lowest BCUT2D eigenvalue weighted by atomic mass is 9.96. The average molecular weight is 362 g/mol. The topological polar surface area (TPSA) is 88.4 Å². The minimum absolute atomic E-state index is 0.0333. The van der Waals surface area contributed by atoms with E-state index in [1.165, 1.54) is 12.4 Å². The first-order valence-electron chi connectivity index (χ1n) is 8.57. The number of fused-ring (bicyclic) bond motifs is 1. The summed E-state index contributed by atoms with van der Waals surface area (Å²) in [5, 5.41) is 9.61. The highest BCUT2D eigenvalue weighted by Gasteiger charge is 2.27. The van der Waals surface area contributed by atoms with Crippen LogP contribution in [0.3, 0.4) is 0 Å². The number of aromatic hydroxyl groups is 1. The first kappa shape index (κ1) is 17.0. The Kier molecular flexibility index (Phi) is 4.42. The molecule has 1 aliphatic rings. The summed E-state index contributed by atoms with van der Waals surface area (Å²) in [7, 11) is 1.63. The Morgan fingerprint density at radius 3 is 2.70 bits per heavy atom. The third-order valence-electron chi connectivity index (χ3n) is 4.63. The molecule has 2 aromatic heterocycles. The normalized spacial score (nSPS) is 13.4. The molecule has 1 N–H and O–H groups in total. The van der Waals surface area contributed by atoms with Gasteiger partial charge in [-0.05, 0) is 35.7 Å². The summed E-state index contributed by atoms with van der Waals surface area (Å²) in [6.07, 6.45) is 3.56. The van der Waals surface area contributed by atoms with Gasteiger partial charge in [0.1, 0.15) is 12.1 Å². The van der Waals surface area contributed by atoms with Crippen LogP contribution in [0.4, 0.5) is 0 Å². The Hall–Kier alpha value is -3.48. The number of rotatable bonds is 4. The van der Waals surface area contributed by atoms with Gasteiger partial charge >= 0.3 is 0 Å². The van der Waals surface area contributed by atoms with Gasteiger partial charge in [0.15, 0.2) is 0 Å². The number of carbonyl (C=O) groups excluding carboxylic acids is 1. The van der Waals surface area contributed by atoms with Crippen molar-refractivity contribution in [3.63, 3.8) is 0 Å². The predicted octanol–water partition coefficient (Wildman–Crippen LogP) is 2.45. The fourth-order valence-corrected chi connectivity index (χ4v) is 3.26. The number of carbonyl (C=O) groups is 1. The molecule has 0 unspecified atom stereocenters. The molecule has 7 heteroatoms. The smallest absolute Gasteiger partial charge is 0.254 e. The van der Waals surface area contributed by atoms with Gasteiger partial charge in [0.2, 0.25) is 5.88 Å². The third kappa shape index (κ3) is 3.31. The summed E-state index contributed by atoms with van der Waals surface area (Å²) in [6, 6.07) is 10.9. The number of hydrogen-bond donors (Lipinski definition) is 1. The van der Waals surface area contributed by atoms with Crippen LogP contribution in [0.15, 0.2) is 48.9 Å². The molecule has 0 atom stereocenters. The summed E-state index contributed by atoms with van der Waals surface area (Å²) >= 11 is 0. The van der Waals surface area contributed by atoms with Crippen LogP contribution in [-0.2, 0) is 13.0 Å². The van der Waals surface area contributed by atoms with Crippen molar-refractivity contribution in [1.82, 2.24) is 19.9 Å². The van der Waals surface area contributed by atoms with Gasteiger partial charge in [-0.25, -0.2) is 9.97 Å². The van der Waals surface area contributed by atoms with Gasteiger partial charge in [0.25, 0.3) is 5.91 Å². The van der Waals surface area contributed by atoms with Gasteiger partial charge in [-0.2, -0.15) is 0 Å². The molecular weight excluding hydrogens is 344 g/mol. The minimum Gasteiger partial charge on any atom is -0.497 e. The molecule has 0 bridgehead atoms.